The van der Waals surface area contributed by atoms with Crippen molar-refractivity contribution in [1.82, 2.24) is 0 Å². The molecule has 0 bridgehead atoms. The maximum absolute atomic E-state index is 5.01. The molecule has 0 aliphatic heterocycles. The smallest absolute Gasteiger partial charge is 0.178 e. The molecule has 1 heterocycles. The summed E-state index contributed by atoms with van der Waals surface area (Å²) in [5, 5.41) is 0. The Morgan fingerprint density at radius 1 is 1.38 bits per heavy atom. The molecule has 0 radical (unpaired) electrons. The molecule has 0 N–H and O–H groups in total. The molecule has 0 spiro atoms. The molecule has 2 nitrogen and oxygen atoms in total. The number of pyridine rings is 1. The molecule has 1 aromatic rings. The zero-order valence-electron chi connectivity index (χ0n) is 8.38. The van der Waals surface area contributed by atoms with E-state index in [0.717, 1.165) is 13.2 Å². The summed E-state index contributed by atoms with van der Waals surface area (Å²) >= 11 is 0. The molecule has 0 atom stereocenters. The first-order valence-corrected chi connectivity index (χ1v) is 4.19. The van der Waals surface area contributed by atoms with E-state index in [1.165, 1.54) is 11.3 Å². The molecule has 0 amide bonds. The average molecular weight is 202 g/mol. The second-order valence-electron chi connectivity index (χ2n) is 3.03. The SMILES string of the molecule is COCC[n+]1ccc(C)cc1C.[Cl-]. The third-order valence-electron chi connectivity index (χ3n) is 1.94. The Morgan fingerprint density at radius 2 is 2.08 bits per heavy atom. The number of aromatic nitrogens is 1. The van der Waals surface area contributed by atoms with E-state index in [0.29, 0.717) is 0 Å². The summed E-state index contributed by atoms with van der Waals surface area (Å²) in [7, 11) is 1.73. The van der Waals surface area contributed by atoms with E-state index in [-0.39, 0.29) is 12.4 Å². The molecule has 0 fully saturated rings. The molecule has 0 aliphatic rings. The highest BCUT2D eigenvalue weighted by Gasteiger charge is 2.03. The molecule has 74 valence electrons. The second-order valence-corrected chi connectivity index (χ2v) is 3.03. The van der Waals surface area contributed by atoms with Gasteiger partial charge in [0.2, 0.25) is 0 Å². The summed E-state index contributed by atoms with van der Waals surface area (Å²) in [6.45, 7) is 5.92. The Kier molecular flexibility index (Phi) is 5.67. The first kappa shape index (κ1) is 12.4. The van der Waals surface area contributed by atoms with Crippen LogP contribution in [0.1, 0.15) is 11.3 Å². The van der Waals surface area contributed by atoms with Crippen molar-refractivity contribution < 1.29 is 21.7 Å². The van der Waals surface area contributed by atoms with Crippen LogP contribution in [-0.4, -0.2) is 13.7 Å². The molecular formula is C10H16ClNO. The molecule has 1 aromatic heterocycles. The van der Waals surface area contributed by atoms with Gasteiger partial charge in [-0.05, 0) is 12.5 Å². The van der Waals surface area contributed by atoms with Crippen LogP contribution in [0, 0.1) is 13.8 Å². The molecule has 0 saturated heterocycles. The molecule has 3 heteroatoms. The topological polar surface area (TPSA) is 13.1 Å². The number of rotatable bonds is 3. The Balaban J connectivity index is 0.00000144. The summed E-state index contributed by atoms with van der Waals surface area (Å²) in [5.41, 5.74) is 2.59. The van der Waals surface area contributed by atoms with E-state index in [1.54, 1.807) is 7.11 Å². The zero-order valence-corrected chi connectivity index (χ0v) is 9.14. The van der Waals surface area contributed by atoms with Gasteiger partial charge >= 0.3 is 0 Å². The van der Waals surface area contributed by atoms with Crippen LogP contribution in [0.3, 0.4) is 0 Å². The van der Waals surface area contributed by atoms with E-state index >= 15 is 0 Å². The Labute approximate surface area is 86.0 Å². The number of ether oxygens (including phenoxy) is 1. The molecule has 0 aromatic carbocycles. The highest BCUT2D eigenvalue weighted by Crippen LogP contribution is 1.95. The summed E-state index contributed by atoms with van der Waals surface area (Å²) in [6.07, 6.45) is 2.10. The van der Waals surface area contributed by atoms with Gasteiger partial charge in [-0.1, -0.05) is 0 Å². The predicted molar refractivity (Wildman–Crippen MR) is 48.0 cm³/mol. The van der Waals surface area contributed by atoms with Crippen LogP contribution in [0.4, 0.5) is 0 Å². The van der Waals surface area contributed by atoms with Gasteiger partial charge in [0.05, 0.1) is 0 Å². The lowest BCUT2D eigenvalue weighted by Crippen LogP contribution is -3.00. The molecule has 0 unspecified atom stereocenters. The molecule has 13 heavy (non-hydrogen) atoms. The summed E-state index contributed by atoms with van der Waals surface area (Å²) < 4.78 is 7.20. The van der Waals surface area contributed by atoms with Crippen LogP contribution in [0.2, 0.25) is 0 Å². The number of hydrogen-bond acceptors (Lipinski definition) is 1. The minimum atomic E-state index is 0. The fraction of sp³-hybridized carbons (Fsp3) is 0.500. The van der Waals surface area contributed by atoms with Gasteiger partial charge in [-0.2, -0.15) is 0 Å². The average Bonchev–Trinajstić information content (AvgIpc) is 2.03. The van der Waals surface area contributed by atoms with Gasteiger partial charge in [0.15, 0.2) is 18.4 Å². The van der Waals surface area contributed by atoms with Gasteiger partial charge in [0, 0.05) is 26.2 Å². The molecule has 0 saturated carbocycles. The lowest BCUT2D eigenvalue weighted by molar-refractivity contribution is -0.704. The van der Waals surface area contributed by atoms with Crippen molar-refractivity contribution >= 4 is 0 Å². The third-order valence-corrected chi connectivity index (χ3v) is 1.94. The van der Waals surface area contributed by atoms with Gasteiger partial charge in [0.1, 0.15) is 6.61 Å². The Morgan fingerprint density at radius 3 is 2.62 bits per heavy atom. The van der Waals surface area contributed by atoms with Crippen molar-refractivity contribution in [1.29, 1.82) is 0 Å². The molecular weight excluding hydrogens is 186 g/mol. The minimum Gasteiger partial charge on any atom is -1.00 e. The van der Waals surface area contributed by atoms with Crippen LogP contribution in [0.5, 0.6) is 0 Å². The summed E-state index contributed by atoms with van der Waals surface area (Å²) in [4.78, 5) is 0. The van der Waals surface area contributed by atoms with Crippen molar-refractivity contribution in [3.8, 4) is 0 Å². The lowest BCUT2D eigenvalue weighted by atomic mass is 10.2. The Bertz CT molecular complexity index is 263. The van der Waals surface area contributed by atoms with Crippen molar-refractivity contribution in [2.75, 3.05) is 13.7 Å². The minimum absolute atomic E-state index is 0. The van der Waals surface area contributed by atoms with Crippen molar-refractivity contribution in [3.63, 3.8) is 0 Å². The molecule has 0 aliphatic carbocycles. The highest BCUT2D eigenvalue weighted by molar-refractivity contribution is 5.08. The predicted octanol–water partition coefficient (Wildman–Crippen LogP) is -1.76. The third kappa shape index (κ3) is 3.75. The van der Waals surface area contributed by atoms with Crippen molar-refractivity contribution in [2.45, 2.75) is 20.4 Å². The van der Waals surface area contributed by atoms with E-state index in [9.17, 15) is 0 Å². The summed E-state index contributed by atoms with van der Waals surface area (Å²) in [5.74, 6) is 0. The van der Waals surface area contributed by atoms with Crippen LogP contribution in [-0.2, 0) is 11.3 Å². The van der Waals surface area contributed by atoms with Crippen molar-refractivity contribution in [3.05, 3.63) is 29.6 Å². The number of methoxy groups -OCH3 is 1. The van der Waals surface area contributed by atoms with Crippen molar-refractivity contribution in [2.24, 2.45) is 0 Å². The van der Waals surface area contributed by atoms with Gasteiger partial charge in [-0.15, -0.1) is 0 Å². The van der Waals surface area contributed by atoms with E-state index in [4.69, 9.17) is 4.74 Å². The Hall–Kier alpha value is -0.600. The fourth-order valence-electron chi connectivity index (χ4n) is 1.23. The van der Waals surface area contributed by atoms with Crippen LogP contribution in [0.15, 0.2) is 18.3 Å². The number of aryl methyl sites for hydroxylation is 2. The van der Waals surface area contributed by atoms with Crippen LogP contribution < -0.4 is 17.0 Å². The van der Waals surface area contributed by atoms with E-state index in [1.807, 2.05) is 0 Å². The van der Waals surface area contributed by atoms with Crippen LogP contribution >= 0.6 is 0 Å². The number of halogens is 1. The van der Waals surface area contributed by atoms with Gasteiger partial charge in [0.25, 0.3) is 0 Å². The lowest BCUT2D eigenvalue weighted by Gasteiger charge is -1.99. The fourth-order valence-corrected chi connectivity index (χ4v) is 1.23. The number of hydrogen-bond donors (Lipinski definition) is 0. The monoisotopic (exact) mass is 201 g/mol. The van der Waals surface area contributed by atoms with Gasteiger partial charge in [-0.25, -0.2) is 4.57 Å². The number of nitrogens with zero attached hydrogens (tertiary/aromatic N) is 1. The van der Waals surface area contributed by atoms with Gasteiger partial charge < -0.3 is 17.1 Å². The second kappa shape index (κ2) is 5.95. The quantitative estimate of drug-likeness (QED) is 0.529. The van der Waals surface area contributed by atoms with Gasteiger partial charge in [-0.3, -0.25) is 0 Å². The normalized spacial score (nSPS) is 9.46. The first-order valence-electron chi connectivity index (χ1n) is 4.19. The standard InChI is InChI=1S/C10H16NO.ClH/c1-9-4-5-11(6-7-12-3)10(2)8-9;/h4-5,8H,6-7H2,1-3H3;1H/q+1;/p-1. The molecule has 1 rings (SSSR count). The largest absolute Gasteiger partial charge is 1.00 e. The maximum Gasteiger partial charge on any atom is 0.178 e. The first-order chi connectivity index (χ1) is 5.74. The maximum atomic E-state index is 5.01. The highest BCUT2D eigenvalue weighted by atomic mass is 35.5. The summed E-state index contributed by atoms with van der Waals surface area (Å²) in [6, 6.07) is 4.29. The zero-order chi connectivity index (χ0) is 8.97. The van der Waals surface area contributed by atoms with E-state index in [2.05, 4.69) is 36.7 Å². The van der Waals surface area contributed by atoms with E-state index < -0.39 is 0 Å². The van der Waals surface area contributed by atoms with Crippen LogP contribution in [0.25, 0.3) is 0 Å².